The minimum Gasteiger partial charge on any atom is -0.481 e. The van der Waals surface area contributed by atoms with Gasteiger partial charge in [-0.2, -0.15) is 5.10 Å². The molecule has 0 aliphatic carbocycles. The number of aromatic nitrogens is 2. The van der Waals surface area contributed by atoms with Crippen molar-refractivity contribution in [3.05, 3.63) is 47.8 Å². The molecule has 2 rings (SSSR count). The van der Waals surface area contributed by atoms with Crippen LogP contribution in [0.5, 0.6) is 0 Å². The first-order valence-electron chi connectivity index (χ1n) is 5.59. The van der Waals surface area contributed by atoms with Crippen molar-refractivity contribution >= 4 is 5.97 Å². The van der Waals surface area contributed by atoms with E-state index in [4.69, 9.17) is 10.2 Å². The van der Waals surface area contributed by atoms with Crippen molar-refractivity contribution in [2.75, 3.05) is 0 Å². The topological polar surface area (TPSA) is 75.3 Å². The van der Waals surface area contributed by atoms with Crippen molar-refractivity contribution in [1.29, 1.82) is 0 Å². The Bertz CT molecular complexity index is 563. The van der Waals surface area contributed by atoms with Gasteiger partial charge in [-0.05, 0) is 24.6 Å². The number of aliphatic hydroxyl groups is 1. The molecule has 5 heteroatoms. The maximum atomic E-state index is 10.9. The van der Waals surface area contributed by atoms with Crippen LogP contribution in [0, 0.1) is 0 Å². The standard InChI is InChI=1S/C13H14N2O3/c1-9(13(17)18)11-6-14-15(7-11)12-4-2-3-10(5-12)8-16/h2-7,9,16H,8H2,1H3,(H,17,18). The second-order valence-corrected chi connectivity index (χ2v) is 4.11. The highest BCUT2D eigenvalue weighted by Gasteiger charge is 2.15. The lowest BCUT2D eigenvalue weighted by Gasteiger charge is -2.04. The number of hydrogen-bond donors (Lipinski definition) is 2. The van der Waals surface area contributed by atoms with Crippen LogP contribution in [0.15, 0.2) is 36.7 Å². The molecule has 1 unspecified atom stereocenters. The molecule has 1 aromatic heterocycles. The zero-order chi connectivity index (χ0) is 13.1. The largest absolute Gasteiger partial charge is 0.481 e. The average Bonchev–Trinajstić information content (AvgIpc) is 2.87. The molecule has 1 atom stereocenters. The van der Waals surface area contributed by atoms with Crippen LogP contribution in [0.25, 0.3) is 5.69 Å². The highest BCUT2D eigenvalue weighted by molar-refractivity contribution is 5.75. The maximum Gasteiger partial charge on any atom is 0.310 e. The molecule has 0 aliphatic rings. The molecule has 0 fully saturated rings. The Morgan fingerprint density at radius 3 is 2.94 bits per heavy atom. The quantitative estimate of drug-likeness (QED) is 0.858. The van der Waals surface area contributed by atoms with Crippen molar-refractivity contribution in [3.8, 4) is 5.69 Å². The SMILES string of the molecule is CC(C(=O)O)c1cnn(-c2cccc(CO)c2)c1. The molecular weight excluding hydrogens is 232 g/mol. The van der Waals surface area contributed by atoms with Crippen molar-refractivity contribution in [2.24, 2.45) is 0 Å². The molecule has 0 radical (unpaired) electrons. The van der Waals surface area contributed by atoms with Gasteiger partial charge in [0.25, 0.3) is 0 Å². The van der Waals surface area contributed by atoms with Crippen LogP contribution in [-0.2, 0) is 11.4 Å². The number of carbonyl (C=O) groups is 1. The Balaban J connectivity index is 2.31. The molecule has 1 aromatic carbocycles. The van der Waals surface area contributed by atoms with Gasteiger partial charge in [0.15, 0.2) is 0 Å². The molecule has 0 saturated heterocycles. The molecule has 1 heterocycles. The third-order valence-corrected chi connectivity index (χ3v) is 2.83. The minimum absolute atomic E-state index is 0.0342. The molecule has 0 spiro atoms. The lowest BCUT2D eigenvalue weighted by atomic mass is 10.1. The Labute approximate surface area is 104 Å². The van der Waals surface area contributed by atoms with Crippen LogP contribution >= 0.6 is 0 Å². The molecule has 0 saturated carbocycles. The first-order chi connectivity index (χ1) is 8.61. The number of carboxylic acids is 1. The van der Waals surface area contributed by atoms with Gasteiger partial charge in [-0.3, -0.25) is 4.79 Å². The lowest BCUT2D eigenvalue weighted by Crippen LogP contribution is -2.06. The Hall–Kier alpha value is -2.14. The van der Waals surface area contributed by atoms with E-state index in [1.54, 1.807) is 24.0 Å². The fraction of sp³-hybridized carbons (Fsp3) is 0.231. The summed E-state index contributed by atoms with van der Waals surface area (Å²) in [7, 11) is 0. The van der Waals surface area contributed by atoms with Crippen molar-refractivity contribution in [3.63, 3.8) is 0 Å². The highest BCUT2D eigenvalue weighted by atomic mass is 16.4. The van der Waals surface area contributed by atoms with Gasteiger partial charge in [-0.15, -0.1) is 0 Å². The fourth-order valence-corrected chi connectivity index (χ4v) is 1.64. The first kappa shape index (κ1) is 12.3. The molecule has 0 aliphatic heterocycles. The summed E-state index contributed by atoms with van der Waals surface area (Å²) in [5.41, 5.74) is 2.23. The van der Waals surface area contributed by atoms with E-state index in [0.717, 1.165) is 11.3 Å². The number of aliphatic carboxylic acids is 1. The second-order valence-electron chi connectivity index (χ2n) is 4.11. The molecule has 2 N–H and O–H groups in total. The third-order valence-electron chi connectivity index (χ3n) is 2.83. The highest BCUT2D eigenvalue weighted by Crippen LogP contribution is 2.17. The van der Waals surface area contributed by atoms with Gasteiger partial charge in [-0.1, -0.05) is 12.1 Å². The van der Waals surface area contributed by atoms with Crippen LogP contribution in [0.2, 0.25) is 0 Å². The van der Waals surface area contributed by atoms with Gasteiger partial charge >= 0.3 is 5.97 Å². The predicted molar refractivity (Wildman–Crippen MR) is 65.5 cm³/mol. The van der Waals surface area contributed by atoms with E-state index in [0.29, 0.717) is 5.56 Å². The number of benzene rings is 1. The Morgan fingerprint density at radius 1 is 1.50 bits per heavy atom. The van der Waals surface area contributed by atoms with Gasteiger partial charge in [0.05, 0.1) is 24.4 Å². The van der Waals surface area contributed by atoms with E-state index in [-0.39, 0.29) is 6.61 Å². The number of aliphatic hydroxyl groups excluding tert-OH is 1. The fourth-order valence-electron chi connectivity index (χ4n) is 1.64. The minimum atomic E-state index is -0.876. The maximum absolute atomic E-state index is 10.9. The lowest BCUT2D eigenvalue weighted by molar-refractivity contribution is -0.138. The summed E-state index contributed by atoms with van der Waals surface area (Å²) >= 11 is 0. The molecular formula is C13H14N2O3. The van der Waals surface area contributed by atoms with Crippen LogP contribution in [0.3, 0.4) is 0 Å². The summed E-state index contributed by atoms with van der Waals surface area (Å²) in [6.07, 6.45) is 3.24. The van der Waals surface area contributed by atoms with Gasteiger partial charge < -0.3 is 10.2 Å². The average molecular weight is 246 g/mol. The summed E-state index contributed by atoms with van der Waals surface area (Å²) in [6, 6.07) is 7.29. The van der Waals surface area contributed by atoms with E-state index in [9.17, 15) is 4.79 Å². The zero-order valence-electron chi connectivity index (χ0n) is 9.95. The van der Waals surface area contributed by atoms with E-state index in [1.807, 2.05) is 24.3 Å². The molecule has 0 bridgehead atoms. The zero-order valence-corrected chi connectivity index (χ0v) is 9.95. The Morgan fingerprint density at radius 2 is 2.28 bits per heavy atom. The van der Waals surface area contributed by atoms with E-state index in [1.165, 1.54) is 0 Å². The van der Waals surface area contributed by atoms with Crippen molar-refractivity contribution in [1.82, 2.24) is 9.78 Å². The van der Waals surface area contributed by atoms with Crippen molar-refractivity contribution in [2.45, 2.75) is 19.4 Å². The number of rotatable bonds is 4. The third kappa shape index (κ3) is 2.41. The summed E-state index contributed by atoms with van der Waals surface area (Å²) in [5, 5.41) is 22.1. The van der Waals surface area contributed by atoms with E-state index >= 15 is 0 Å². The van der Waals surface area contributed by atoms with Gasteiger partial charge in [0.1, 0.15) is 0 Å². The summed E-state index contributed by atoms with van der Waals surface area (Å²) < 4.78 is 1.61. The van der Waals surface area contributed by atoms with Gasteiger partial charge in [0.2, 0.25) is 0 Å². The van der Waals surface area contributed by atoms with E-state index < -0.39 is 11.9 Å². The normalized spacial score (nSPS) is 12.3. The monoisotopic (exact) mass is 246 g/mol. The second kappa shape index (κ2) is 5.01. The molecule has 0 amide bonds. The van der Waals surface area contributed by atoms with Crippen LogP contribution in [0.1, 0.15) is 24.0 Å². The molecule has 5 nitrogen and oxygen atoms in total. The predicted octanol–water partition coefficient (Wildman–Crippen LogP) is 1.55. The summed E-state index contributed by atoms with van der Waals surface area (Å²) in [5.74, 6) is -1.46. The summed E-state index contributed by atoms with van der Waals surface area (Å²) in [4.78, 5) is 10.9. The number of hydrogen-bond acceptors (Lipinski definition) is 3. The smallest absolute Gasteiger partial charge is 0.310 e. The molecule has 2 aromatic rings. The van der Waals surface area contributed by atoms with Gasteiger partial charge in [-0.25, -0.2) is 4.68 Å². The van der Waals surface area contributed by atoms with Crippen LogP contribution in [0.4, 0.5) is 0 Å². The Kier molecular flexibility index (Phi) is 3.43. The summed E-state index contributed by atoms with van der Waals surface area (Å²) in [6.45, 7) is 1.58. The van der Waals surface area contributed by atoms with E-state index in [2.05, 4.69) is 5.10 Å². The van der Waals surface area contributed by atoms with Crippen molar-refractivity contribution < 1.29 is 15.0 Å². The molecule has 18 heavy (non-hydrogen) atoms. The number of nitrogens with zero attached hydrogens (tertiary/aromatic N) is 2. The number of carboxylic acid groups (broad SMARTS) is 1. The van der Waals surface area contributed by atoms with Gasteiger partial charge in [0, 0.05) is 11.8 Å². The first-order valence-corrected chi connectivity index (χ1v) is 5.59. The van der Waals surface area contributed by atoms with Crippen LogP contribution in [-0.4, -0.2) is 26.0 Å². The van der Waals surface area contributed by atoms with Crippen LogP contribution < -0.4 is 0 Å². The molecule has 94 valence electrons.